The molecule has 1 amide bonds. The van der Waals surface area contributed by atoms with Crippen molar-refractivity contribution in [3.05, 3.63) is 29.8 Å². The van der Waals surface area contributed by atoms with Gasteiger partial charge in [-0.15, -0.1) is 0 Å². The molecule has 2 aliphatic rings. The van der Waals surface area contributed by atoms with Gasteiger partial charge >= 0.3 is 0 Å². The molecule has 4 nitrogen and oxygen atoms in total. The van der Waals surface area contributed by atoms with Crippen LogP contribution in [0.2, 0.25) is 0 Å². The van der Waals surface area contributed by atoms with Gasteiger partial charge in [0.15, 0.2) is 0 Å². The zero-order valence-corrected chi connectivity index (χ0v) is 12.1. The van der Waals surface area contributed by atoms with Crippen LogP contribution >= 0.6 is 0 Å². The van der Waals surface area contributed by atoms with E-state index < -0.39 is 0 Å². The minimum Gasteiger partial charge on any atom is -0.388 e. The summed E-state index contributed by atoms with van der Waals surface area (Å²) in [4.78, 5) is 17.1. The number of carbonyl (C=O) groups excluding carboxylic acids is 1. The summed E-state index contributed by atoms with van der Waals surface area (Å²) in [7, 11) is 1.89. The van der Waals surface area contributed by atoms with Gasteiger partial charge in [0.05, 0.1) is 0 Å². The Kier molecular flexibility index (Phi) is 3.92. The Labute approximate surface area is 120 Å². The van der Waals surface area contributed by atoms with Gasteiger partial charge < -0.3 is 10.2 Å². The highest BCUT2D eigenvalue weighted by atomic mass is 16.2. The van der Waals surface area contributed by atoms with Crippen LogP contribution in [0.25, 0.3) is 0 Å². The first kappa shape index (κ1) is 13.4. The zero-order valence-electron chi connectivity index (χ0n) is 12.1. The van der Waals surface area contributed by atoms with E-state index in [0.717, 1.165) is 30.8 Å². The lowest BCUT2D eigenvalue weighted by Gasteiger charge is -2.23. The average Bonchev–Trinajstić information content (AvgIpc) is 3.17. The molecule has 0 saturated carbocycles. The van der Waals surface area contributed by atoms with Gasteiger partial charge in [0.1, 0.15) is 0 Å². The Morgan fingerprint density at radius 1 is 1.15 bits per heavy atom. The van der Waals surface area contributed by atoms with Crippen LogP contribution in [-0.2, 0) is 0 Å². The lowest BCUT2D eigenvalue weighted by atomic mass is 10.2. The number of carbonyl (C=O) groups is 1. The second-order valence-corrected chi connectivity index (χ2v) is 5.76. The first-order valence-corrected chi connectivity index (χ1v) is 7.59. The SMILES string of the molecule is CNc1ccc(C(=O)N2CCC(N3CCCC3)C2)cc1. The number of likely N-dealkylation sites (tertiary alicyclic amines) is 2. The highest BCUT2D eigenvalue weighted by Gasteiger charge is 2.31. The van der Waals surface area contributed by atoms with Crippen molar-refractivity contribution < 1.29 is 4.79 Å². The number of rotatable bonds is 3. The Hall–Kier alpha value is -1.55. The van der Waals surface area contributed by atoms with Crippen molar-refractivity contribution in [3.8, 4) is 0 Å². The number of amides is 1. The summed E-state index contributed by atoms with van der Waals surface area (Å²) < 4.78 is 0. The normalized spacial score (nSPS) is 23.2. The molecule has 1 atom stereocenters. The smallest absolute Gasteiger partial charge is 0.253 e. The molecule has 2 heterocycles. The predicted octanol–water partition coefficient (Wildman–Crippen LogP) is 2.04. The van der Waals surface area contributed by atoms with Crippen molar-refractivity contribution >= 4 is 11.6 Å². The zero-order chi connectivity index (χ0) is 13.9. The maximum absolute atomic E-state index is 12.5. The fourth-order valence-corrected chi connectivity index (χ4v) is 3.29. The summed E-state index contributed by atoms with van der Waals surface area (Å²) in [5, 5.41) is 3.08. The first-order chi connectivity index (χ1) is 9.78. The maximum Gasteiger partial charge on any atom is 0.253 e. The number of hydrogen-bond acceptors (Lipinski definition) is 3. The van der Waals surface area contributed by atoms with Crippen LogP contribution in [0.3, 0.4) is 0 Å². The Morgan fingerprint density at radius 2 is 1.85 bits per heavy atom. The van der Waals surface area contributed by atoms with Gasteiger partial charge in [0, 0.05) is 37.4 Å². The van der Waals surface area contributed by atoms with Crippen LogP contribution in [0.15, 0.2) is 24.3 Å². The van der Waals surface area contributed by atoms with Gasteiger partial charge in [-0.2, -0.15) is 0 Å². The number of benzene rings is 1. The molecule has 1 N–H and O–H groups in total. The van der Waals surface area contributed by atoms with Gasteiger partial charge in [0.2, 0.25) is 0 Å². The average molecular weight is 273 g/mol. The third kappa shape index (κ3) is 2.66. The first-order valence-electron chi connectivity index (χ1n) is 7.59. The van der Waals surface area contributed by atoms with Crippen LogP contribution in [0.4, 0.5) is 5.69 Å². The Balaban J connectivity index is 1.62. The van der Waals surface area contributed by atoms with Crippen molar-refractivity contribution in [2.24, 2.45) is 0 Å². The van der Waals surface area contributed by atoms with Crippen molar-refractivity contribution in [2.75, 3.05) is 38.5 Å². The second-order valence-electron chi connectivity index (χ2n) is 5.76. The summed E-state index contributed by atoms with van der Waals surface area (Å²) in [6.07, 6.45) is 3.76. The summed E-state index contributed by atoms with van der Waals surface area (Å²) in [5.74, 6) is 0.175. The molecule has 1 unspecified atom stereocenters. The van der Waals surface area contributed by atoms with E-state index >= 15 is 0 Å². The van der Waals surface area contributed by atoms with E-state index in [1.807, 2.05) is 36.2 Å². The summed E-state index contributed by atoms with van der Waals surface area (Å²) in [6, 6.07) is 8.33. The van der Waals surface area contributed by atoms with Crippen LogP contribution < -0.4 is 5.32 Å². The van der Waals surface area contributed by atoms with Crippen molar-refractivity contribution in [3.63, 3.8) is 0 Å². The van der Waals surface area contributed by atoms with Gasteiger partial charge in [-0.25, -0.2) is 0 Å². The van der Waals surface area contributed by atoms with Crippen molar-refractivity contribution in [1.82, 2.24) is 9.80 Å². The lowest BCUT2D eigenvalue weighted by molar-refractivity contribution is 0.0780. The van der Waals surface area contributed by atoms with E-state index in [1.165, 1.54) is 25.9 Å². The molecule has 0 aliphatic carbocycles. The Bertz CT molecular complexity index is 465. The molecule has 0 aromatic heterocycles. The number of anilines is 1. The molecule has 0 radical (unpaired) electrons. The Morgan fingerprint density at radius 3 is 2.50 bits per heavy atom. The molecule has 3 rings (SSSR count). The standard InChI is InChI=1S/C16H23N3O/c1-17-14-6-4-13(5-7-14)16(20)19-11-8-15(12-19)18-9-2-3-10-18/h4-7,15,17H,2-3,8-12H2,1H3. The maximum atomic E-state index is 12.5. The quantitative estimate of drug-likeness (QED) is 0.915. The second kappa shape index (κ2) is 5.83. The number of hydrogen-bond donors (Lipinski definition) is 1. The van der Waals surface area contributed by atoms with Crippen molar-refractivity contribution in [2.45, 2.75) is 25.3 Å². The predicted molar refractivity (Wildman–Crippen MR) is 81.1 cm³/mol. The largest absolute Gasteiger partial charge is 0.388 e. The highest BCUT2D eigenvalue weighted by Crippen LogP contribution is 2.22. The van der Waals surface area contributed by atoms with E-state index in [2.05, 4.69) is 10.2 Å². The molecular weight excluding hydrogens is 250 g/mol. The molecule has 4 heteroatoms. The molecule has 108 valence electrons. The number of nitrogens with one attached hydrogen (secondary N) is 1. The van der Waals surface area contributed by atoms with Gasteiger partial charge in [-0.05, 0) is 56.6 Å². The fraction of sp³-hybridized carbons (Fsp3) is 0.562. The minimum atomic E-state index is 0.175. The van der Waals surface area contributed by atoms with Gasteiger partial charge in [0.25, 0.3) is 5.91 Å². The minimum absolute atomic E-state index is 0.175. The third-order valence-electron chi connectivity index (χ3n) is 4.53. The van der Waals surface area contributed by atoms with E-state index in [9.17, 15) is 4.79 Å². The third-order valence-corrected chi connectivity index (χ3v) is 4.53. The van der Waals surface area contributed by atoms with Crippen LogP contribution in [0, 0.1) is 0 Å². The van der Waals surface area contributed by atoms with E-state index in [1.54, 1.807) is 0 Å². The fourth-order valence-electron chi connectivity index (χ4n) is 3.29. The molecule has 2 fully saturated rings. The molecule has 0 spiro atoms. The van der Waals surface area contributed by atoms with E-state index in [-0.39, 0.29) is 5.91 Å². The molecule has 20 heavy (non-hydrogen) atoms. The lowest BCUT2D eigenvalue weighted by Crippen LogP contribution is -2.37. The summed E-state index contributed by atoms with van der Waals surface area (Å²) in [5.41, 5.74) is 1.84. The van der Waals surface area contributed by atoms with Gasteiger partial charge in [-0.3, -0.25) is 9.69 Å². The van der Waals surface area contributed by atoms with Crippen LogP contribution in [0.1, 0.15) is 29.6 Å². The van der Waals surface area contributed by atoms with E-state index in [0.29, 0.717) is 6.04 Å². The molecule has 2 saturated heterocycles. The highest BCUT2D eigenvalue weighted by molar-refractivity contribution is 5.94. The van der Waals surface area contributed by atoms with Gasteiger partial charge in [-0.1, -0.05) is 0 Å². The molecular formula is C16H23N3O. The van der Waals surface area contributed by atoms with Crippen LogP contribution in [0.5, 0.6) is 0 Å². The van der Waals surface area contributed by atoms with Crippen LogP contribution in [-0.4, -0.2) is 55.0 Å². The van der Waals surface area contributed by atoms with Crippen molar-refractivity contribution in [1.29, 1.82) is 0 Å². The molecule has 1 aromatic rings. The monoisotopic (exact) mass is 273 g/mol. The molecule has 1 aromatic carbocycles. The molecule has 0 bridgehead atoms. The molecule has 2 aliphatic heterocycles. The summed E-state index contributed by atoms with van der Waals surface area (Å²) >= 11 is 0. The topological polar surface area (TPSA) is 35.6 Å². The number of nitrogens with zero attached hydrogens (tertiary/aromatic N) is 2. The summed E-state index contributed by atoms with van der Waals surface area (Å²) in [6.45, 7) is 4.22. The van der Waals surface area contributed by atoms with E-state index in [4.69, 9.17) is 0 Å².